The van der Waals surface area contributed by atoms with Gasteiger partial charge in [0.25, 0.3) is 5.56 Å². The van der Waals surface area contributed by atoms with E-state index in [4.69, 9.17) is 16.7 Å². The fraction of sp³-hybridized carbons (Fsp3) is 0.154. The molecule has 1 aromatic heterocycles. The van der Waals surface area contributed by atoms with Gasteiger partial charge >= 0.3 is 5.97 Å². The number of rotatable bonds is 3. The zero-order valence-electron chi connectivity index (χ0n) is 10.4. The number of carboxylic acid groups (broad SMARTS) is 1. The molecule has 0 bridgehead atoms. The van der Waals surface area contributed by atoms with Crippen LogP contribution in [0.5, 0.6) is 0 Å². The van der Waals surface area contributed by atoms with Crippen molar-refractivity contribution in [2.45, 2.75) is 13.3 Å². The summed E-state index contributed by atoms with van der Waals surface area (Å²) in [5, 5.41) is 8.84. The van der Waals surface area contributed by atoms with E-state index in [9.17, 15) is 14.0 Å². The smallest absolute Gasteiger partial charge is 0.308 e. The number of hydrogen-bond donors (Lipinski definition) is 2. The van der Waals surface area contributed by atoms with Crippen molar-refractivity contribution in [3.8, 4) is 11.4 Å². The third-order valence-corrected chi connectivity index (χ3v) is 3.05. The van der Waals surface area contributed by atoms with E-state index in [0.29, 0.717) is 11.3 Å². The molecule has 2 rings (SSSR count). The fourth-order valence-corrected chi connectivity index (χ4v) is 2.04. The molecule has 2 aromatic rings. The minimum Gasteiger partial charge on any atom is -0.481 e. The number of aromatic amines is 1. The second kappa shape index (κ2) is 5.42. The van der Waals surface area contributed by atoms with Crippen LogP contribution in [0, 0.1) is 12.7 Å². The molecule has 0 unspecified atom stereocenters. The number of nitrogens with zero attached hydrogens (tertiary/aromatic N) is 1. The third-order valence-electron chi connectivity index (χ3n) is 2.74. The Kier molecular flexibility index (Phi) is 3.85. The normalized spacial score (nSPS) is 10.6. The van der Waals surface area contributed by atoms with Gasteiger partial charge in [-0.2, -0.15) is 0 Å². The number of hydrogen-bond acceptors (Lipinski definition) is 3. The summed E-state index contributed by atoms with van der Waals surface area (Å²) in [6, 6.07) is 3.70. The van der Waals surface area contributed by atoms with Gasteiger partial charge < -0.3 is 10.1 Å². The van der Waals surface area contributed by atoms with Crippen LogP contribution >= 0.6 is 11.6 Å². The van der Waals surface area contributed by atoms with Gasteiger partial charge in [-0.3, -0.25) is 9.59 Å². The maximum atomic E-state index is 13.0. The molecular formula is C13H10ClFN2O3. The van der Waals surface area contributed by atoms with Crippen LogP contribution in [0.4, 0.5) is 4.39 Å². The topological polar surface area (TPSA) is 83.0 Å². The molecule has 104 valence electrons. The molecule has 0 saturated heterocycles. The van der Waals surface area contributed by atoms with Crippen molar-refractivity contribution in [1.82, 2.24) is 9.97 Å². The fourth-order valence-electron chi connectivity index (χ4n) is 1.78. The quantitative estimate of drug-likeness (QED) is 0.909. The molecule has 1 heterocycles. The maximum Gasteiger partial charge on any atom is 0.308 e. The molecule has 0 saturated carbocycles. The molecule has 0 spiro atoms. The summed E-state index contributed by atoms with van der Waals surface area (Å²) in [7, 11) is 0. The molecule has 20 heavy (non-hydrogen) atoms. The Morgan fingerprint density at radius 1 is 1.50 bits per heavy atom. The predicted molar refractivity (Wildman–Crippen MR) is 71.3 cm³/mol. The molecule has 1 aromatic carbocycles. The zero-order chi connectivity index (χ0) is 14.9. The first-order chi connectivity index (χ1) is 9.38. The minimum atomic E-state index is -1.12. The van der Waals surface area contributed by atoms with Crippen LogP contribution < -0.4 is 5.56 Å². The Balaban J connectivity index is 2.55. The van der Waals surface area contributed by atoms with Crippen LogP contribution in [0.2, 0.25) is 5.02 Å². The molecule has 0 amide bonds. The Hall–Kier alpha value is -2.21. The zero-order valence-corrected chi connectivity index (χ0v) is 11.2. The molecule has 0 fully saturated rings. The van der Waals surface area contributed by atoms with E-state index in [0.717, 1.165) is 6.07 Å². The van der Waals surface area contributed by atoms with E-state index in [1.165, 1.54) is 19.1 Å². The van der Waals surface area contributed by atoms with Crippen LogP contribution in [0.1, 0.15) is 11.3 Å². The van der Waals surface area contributed by atoms with Gasteiger partial charge in [0.05, 0.1) is 11.4 Å². The van der Waals surface area contributed by atoms with E-state index in [1.807, 2.05) is 0 Å². The van der Waals surface area contributed by atoms with Crippen molar-refractivity contribution in [2.24, 2.45) is 0 Å². The van der Waals surface area contributed by atoms with Crippen LogP contribution in [0.15, 0.2) is 23.0 Å². The standard InChI is InChI=1S/C13H10ClFN2O3/c1-6-9(5-11(18)19)13(20)17-12(16-6)8-3-2-7(15)4-10(8)14/h2-4H,5H2,1H3,(H,18,19)(H,16,17,20). The number of aromatic nitrogens is 2. The van der Waals surface area contributed by atoms with Crippen molar-refractivity contribution < 1.29 is 14.3 Å². The highest BCUT2D eigenvalue weighted by atomic mass is 35.5. The SMILES string of the molecule is Cc1nc(-c2ccc(F)cc2Cl)[nH]c(=O)c1CC(=O)O. The lowest BCUT2D eigenvalue weighted by Gasteiger charge is -2.07. The molecule has 0 aliphatic carbocycles. The van der Waals surface area contributed by atoms with Gasteiger partial charge in [0, 0.05) is 16.8 Å². The van der Waals surface area contributed by atoms with Gasteiger partial charge in [-0.15, -0.1) is 0 Å². The number of carbonyl (C=O) groups is 1. The van der Waals surface area contributed by atoms with Crippen molar-refractivity contribution in [3.05, 3.63) is 50.7 Å². The summed E-state index contributed by atoms with van der Waals surface area (Å²) in [6.07, 6.45) is -0.411. The Morgan fingerprint density at radius 3 is 2.75 bits per heavy atom. The monoisotopic (exact) mass is 296 g/mol. The Morgan fingerprint density at radius 2 is 2.20 bits per heavy atom. The largest absolute Gasteiger partial charge is 0.481 e. The van der Waals surface area contributed by atoms with E-state index >= 15 is 0 Å². The predicted octanol–water partition coefficient (Wildman–Crippen LogP) is 2.16. The first kappa shape index (κ1) is 14.2. The van der Waals surface area contributed by atoms with Gasteiger partial charge in [0.15, 0.2) is 0 Å². The lowest BCUT2D eigenvalue weighted by molar-refractivity contribution is -0.136. The van der Waals surface area contributed by atoms with Crippen LogP contribution in [-0.4, -0.2) is 21.0 Å². The van der Waals surface area contributed by atoms with E-state index < -0.39 is 23.8 Å². The third kappa shape index (κ3) is 2.85. The molecule has 2 N–H and O–H groups in total. The Labute approximate surface area is 118 Å². The van der Waals surface area contributed by atoms with Crippen molar-refractivity contribution >= 4 is 17.6 Å². The van der Waals surface area contributed by atoms with Crippen molar-refractivity contribution in [1.29, 1.82) is 0 Å². The molecule has 7 heteroatoms. The highest BCUT2D eigenvalue weighted by Gasteiger charge is 2.14. The molecule has 5 nitrogen and oxygen atoms in total. The van der Waals surface area contributed by atoms with E-state index in [2.05, 4.69) is 9.97 Å². The number of carboxylic acids is 1. The van der Waals surface area contributed by atoms with Crippen LogP contribution in [0.3, 0.4) is 0 Å². The van der Waals surface area contributed by atoms with Crippen LogP contribution in [0.25, 0.3) is 11.4 Å². The average molecular weight is 297 g/mol. The molecular weight excluding hydrogens is 287 g/mol. The van der Waals surface area contributed by atoms with Gasteiger partial charge in [-0.25, -0.2) is 9.37 Å². The lowest BCUT2D eigenvalue weighted by Crippen LogP contribution is -2.20. The van der Waals surface area contributed by atoms with Gasteiger partial charge in [-0.1, -0.05) is 11.6 Å². The number of aryl methyl sites for hydroxylation is 1. The number of halogens is 2. The molecule has 0 radical (unpaired) electrons. The summed E-state index contributed by atoms with van der Waals surface area (Å²) >= 11 is 5.90. The molecule has 0 aliphatic heterocycles. The summed E-state index contributed by atoms with van der Waals surface area (Å²) in [4.78, 5) is 29.1. The van der Waals surface area contributed by atoms with Gasteiger partial charge in [-0.05, 0) is 25.1 Å². The van der Waals surface area contributed by atoms with E-state index in [1.54, 1.807) is 0 Å². The number of aliphatic carboxylic acids is 1. The molecule has 0 aliphatic rings. The summed E-state index contributed by atoms with van der Waals surface area (Å²) in [6.45, 7) is 1.54. The second-order valence-corrected chi connectivity index (χ2v) is 4.58. The first-order valence-corrected chi connectivity index (χ1v) is 6.03. The summed E-state index contributed by atoms with van der Waals surface area (Å²) in [5.41, 5.74) is 0.205. The average Bonchev–Trinajstić information content (AvgIpc) is 2.33. The lowest BCUT2D eigenvalue weighted by atomic mass is 10.1. The maximum absolute atomic E-state index is 13.0. The highest BCUT2D eigenvalue weighted by Crippen LogP contribution is 2.25. The van der Waals surface area contributed by atoms with Gasteiger partial charge in [0.1, 0.15) is 11.6 Å². The van der Waals surface area contributed by atoms with Crippen LogP contribution in [-0.2, 0) is 11.2 Å². The minimum absolute atomic E-state index is 0.0829. The van der Waals surface area contributed by atoms with E-state index in [-0.39, 0.29) is 16.4 Å². The number of nitrogens with one attached hydrogen (secondary N) is 1. The number of H-pyrrole nitrogens is 1. The summed E-state index contributed by atoms with van der Waals surface area (Å²) < 4.78 is 13.0. The first-order valence-electron chi connectivity index (χ1n) is 5.65. The Bertz CT molecular complexity index is 743. The van der Waals surface area contributed by atoms with Crippen molar-refractivity contribution in [3.63, 3.8) is 0 Å². The second-order valence-electron chi connectivity index (χ2n) is 4.17. The van der Waals surface area contributed by atoms with Crippen molar-refractivity contribution in [2.75, 3.05) is 0 Å². The number of benzene rings is 1. The summed E-state index contributed by atoms with van der Waals surface area (Å²) in [5.74, 6) is -1.44. The molecule has 0 atom stereocenters. The van der Waals surface area contributed by atoms with Gasteiger partial charge in [0.2, 0.25) is 0 Å². The highest BCUT2D eigenvalue weighted by molar-refractivity contribution is 6.33.